The third kappa shape index (κ3) is 0.547. The van der Waals surface area contributed by atoms with Gasteiger partial charge in [-0.25, -0.2) is 0 Å². The molecular formula is C8H10OS. The maximum Gasteiger partial charge on any atom is 0.0659 e. The van der Waals surface area contributed by atoms with Gasteiger partial charge in [-0.1, -0.05) is 12.2 Å². The molecule has 3 rings (SSSR count). The largest absolute Gasteiger partial charge is 0.315 e. The molecule has 4 atom stereocenters. The normalized spacial score (nSPS) is 56.0. The predicted molar refractivity (Wildman–Crippen MR) is 41.6 cm³/mol. The molecule has 0 aromatic rings. The summed E-state index contributed by atoms with van der Waals surface area (Å²) in [6.45, 7) is 1.00. The van der Waals surface area contributed by atoms with E-state index in [0.717, 1.165) is 29.6 Å². The summed E-state index contributed by atoms with van der Waals surface area (Å²) >= 11 is 1.72. The zero-order valence-electron chi connectivity index (χ0n) is 5.69. The second kappa shape index (κ2) is 1.80. The molecule has 0 radical (unpaired) electrons. The molecule has 0 spiro atoms. The summed E-state index contributed by atoms with van der Waals surface area (Å²) in [5, 5.41) is 0.815. The highest BCUT2D eigenvalue weighted by Crippen LogP contribution is 2.53. The molecule has 0 amide bonds. The van der Waals surface area contributed by atoms with E-state index in [4.69, 9.17) is 4.18 Å². The maximum atomic E-state index is 5.37. The van der Waals surface area contributed by atoms with Crippen LogP contribution in [-0.4, -0.2) is 11.9 Å². The van der Waals surface area contributed by atoms with Crippen LogP contribution < -0.4 is 0 Å². The van der Waals surface area contributed by atoms with Crippen molar-refractivity contribution in [1.82, 2.24) is 0 Å². The molecule has 0 N–H and O–H groups in total. The molecule has 1 aliphatic heterocycles. The smallest absolute Gasteiger partial charge is 0.0659 e. The summed E-state index contributed by atoms with van der Waals surface area (Å²) in [6.07, 6.45) is 6.18. The lowest BCUT2D eigenvalue weighted by atomic mass is 9.94. The minimum Gasteiger partial charge on any atom is -0.315 e. The first-order valence-electron chi connectivity index (χ1n) is 3.92. The summed E-state index contributed by atoms with van der Waals surface area (Å²) in [5.41, 5.74) is 0. The Morgan fingerprint density at radius 3 is 3.10 bits per heavy atom. The van der Waals surface area contributed by atoms with Gasteiger partial charge >= 0.3 is 0 Å². The lowest BCUT2D eigenvalue weighted by molar-refractivity contribution is 0.305. The van der Waals surface area contributed by atoms with Crippen LogP contribution in [0.1, 0.15) is 6.42 Å². The Morgan fingerprint density at radius 1 is 1.30 bits per heavy atom. The van der Waals surface area contributed by atoms with Gasteiger partial charge in [0.25, 0.3) is 0 Å². The Bertz CT molecular complexity index is 172. The van der Waals surface area contributed by atoms with Crippen LogP contribution in [0, 0.1) is 17.8 Å². The van der Waals surface area contributed by atoms with Crippen LogP contribution in [0.5, 0.6) is 0 Å². The summed E-state index contributed by atoms with van der Waals surface area (Å²) in [5.74, 6) is 2.58. The van der Waals surface area contributed by atoms with E-state index in [9.17, 15) is 0 Å². The lowest BCUT2D eigenvalue weighted by Gasteiger charge is -2.15. The van der Waals surface area contributed by atoms with Gasteiger partial charge in [-0.05, 0) is 30.3 Å². The highest BCUT2D eigenvalue weighted by molar-refractivity contribution is 7.95. The second-order valence-electron chi connectivity index (χ2n) is 3.46. The molecule has 2 fully saturated rings. The molecule has 10 heavy (non-hydrogen) atoms. The number of rotatable bonds is 0. The molecule has 2 aliphatic carbocycles. The van der Waals surface area contributed by atoms with Gasteiger partial charge in [-0.3, -0.25) is 0 Å². The van der Waals surface area contributed by atoms with E-state index >= 15 is 0 Å². The lowest BCUT2D eigenvalue weighted by Crippen LogP contribution is -2.18. The summed E-state index contributed by atoms with van der Waals surface area (Å²) in [6, 6.07) is 0. The monoisotopic (exact) mass is 154 g/mol. The second-order valence-corrected chi connectivity index (χ2v) is 4.43. The zero-order chi connectivity index (χ0) is 6.55. The fourth-order valence-electron chi connectivity index (χ4n) is 2.44. The van der Waals surface area contributed by atoms with E-state index in [1.807, 2.05) is 0 Å². The molecule has 3 aliphatic rings. The third-order valence-corrected chi connectivity index (χ3v) is 4.18. The van der Waals surface area contributed by atoms with Gasteiger partial charge in [0.05, 0.1) is 6.61 Å². The van der Waals surface area contributed by atoms with E-state index in [2.05, 4.69) is 12.2 Å². The van der Waals surface area contributed by atoms with Crippen molar-refractivity contribution in [2.24, 2.45) is 17.8 Å². The van der Waals surface area contributed by atoms with Gasteiger partial charge in [0, 0.05) is 11.2 Å². The van der Waals surface area contributed by atoms with Crippen molar-refractivity contribution in [3.8, 4) is 0 Å². The van der Waals surface area contributed by atoms with Gasteiger partial charge in [0.2, 0.25) is 0 Å². The average molecular weight is 154 g/mol. The van der Waals surface area contributed by atoms with Gasteiger partial charge in [0.15, 0.2) is 0 Å². The van der Waals surface area contributed by atoms with E-state index in [-0.39, 0.29) is 0 Å². The van der Waals surface area contributed by atoms with Crippen LogP contribution in [0.4, 0.5) is 0 Å². The standard InChI is InChI=1S/C8H10OS/c1-2-6-3-5(1)7-4-9-10-8(6)7/h1-2,5-8H,3-4H2. The minimum absolute atomic E-state index is 0.815. The number of hydrogen-bond acceptors (Lipinski definition) is 2. The van der Waals surface area contributed by atoms with Crippen molar-refractivity contribution in [2.75, 3.05) is 6.61 Å². The van der Waals surface area contributed by atoms with Gasteiger partial charge in [-0.2, -0.15) is 0 Å². The number of fused-ring (bicyclic) bond motifs is 5. The van der Waals surface area contributed by atoms with Crippen molar-refractivity contribution < 1.29 is 4.18 Å². The summed E-state index contributed by atoms with van der Waals surface area (Å²) in [7, 11) is 0. The molecule has 1 heterocycles. The molecule has 54 valence electrons. The first-order chi connectivity index (χ1) is 4.95. The van der Waals surface area contributed by atoms with E-state index in [1.165, 1.54) is 6.42 Å². The molecular weight excluding hydrogens is 144 g/mol. The van der Waals surface area contributed by atoms with Crippen LogP contribution in [0.25, 0.3) is 0 Å². The molecule has 2 bridgehead atoms. The first kappa shape index (κ1) is 5.67. The fourth-order valence-corrected chi connectivity index (χ4v) is 3.60. The third-order valence-electron chi connectivity index (χ3n) is 2.98. The molecule has 2 heteroatoms. The van der Waals surface area contributed by atoms with Crippen molar-refractivity contribution in [3.05, 3.63) is 12.2 Å². The van der Waals surface area contributed by atoms with Gasteiger partial charge in [-0.15, -0.1) is 0 Å². The highest BCUT2D eigenvalue weighted by atomic mass is 32.2. The van der Waals surface area contributed by atoms with Crippen molar-refractivity contribution in [2.45, 2.75) is 11.7 Å². The molecule has 0 aromatic heterocycles. The average Bonchev–Trinajstić information content (AvgIpc) is 2.60. The van der Waals surface area contributed by atoms with E-state index in [0.29, 0.717) is 0 Å². The fraction of sp³-hybridized carbons (Fsp3) is 0.750. The summed E-state index contributed by atoms with van der Waals surface area (Å²) < 4.78 is 5.37. The van der Waals surface area contributed by atoms with Crippen LogP contribution in [0.3, 0.4) is 0 Å². The molecule has 0 aromatic carbocycles. The molecule has 1 nitrogen and oxygen atoms in total. The zero-order valence-corrected chi connectivity index (χ0v) is 6.51. The Kier molecular flexibility index (Phi) is 1.02. The predicted octanol–water partition coefficient (Wildman–Crippen LogP) is 1.86. The van der Waals surface area contributed by atoms with Gasteiger partial charge in [0.1, 0.15) is 0 Å². The Balaban J connectivity index is 1.99. The number of hydrogen-bond donors (Lipinski definition) is 0. The van der Waals surface area contributed by atoms with E-state index in [1.54, 1.807) is 12.0 Å². The highest BCUT2D eigenvalue weighted by Gasteiger charge is 2.48. The molecule has 1 saturated heterocycles. The molecule has 1 saturated carbocycles. The van der Waals surface area contributed by atoms with Crippen LogP contribution in [-0.2, 0) is 4.18 Å². The van der Waals surface area contributed by atoms with Crippen molar-refractivity contribution in [1.29, 1.82) is 0 Å². The van der Waals surface area contributed by atoms with Gasteiger partial charge < -0.3 is 4.18 Å². The Labute approximate surface area is 65.0 Å². The van der Waals surface area contributed by atoms with Crippen LogP contribution >= 0.6 is 12.0 Å². The minimum atomic E-state index is 0.815. The van der Waals surface area contributed by atoms with Crippen molar-refractivity contribution in [3.63, 3.8) is 0 Å². The van der Waals surface area contributed by atoms with E-state index < -0.39 is 0 Å². The quantitative estimate of drug-likeness (QED) is 0.389. The maximum absolute atomic E-state index is 5.37. The summed E-state index contributed by atoms with van der Waals surface area (Å²) in [4.78, 5) is 0. The Morgan fingerprint density at radius 2 is 2.20 bits per heavy atom. The van der Waals surface area contributed by atoms with Crippen LogP contribution in [0.15, 0.2) is 12.2 Å². The topological polar surface area (TPSA) is 9.23 Å². The Hall–Kier alpha value is 0.0500. The number of allylic oxidation sites excluding steroid dienone is 2. The molecule has 4 unspecified atom stereocenters. The first-order valence-corrected chi connectivity index (χ1v) is 4.72. The van der Waals surface area contributed by atoms with Crippen LogP contribution in [0.2, 0.25) is 0 Å². The van der Waals surface area contributed by atoms with Crippen molar-refractivity contribution >= 4 is 12.0 Å². The SMILES string of the molecule is C1=CC2CC1C1COSC21.